The topological polar surface area (TPSA) is 127 Å². The number of benzene rings is 1. The molecular formula is C22H22N6O3. The monoisotopic (exact) mass is 418 g/mol. The summed E-state index contributed by atoms with van der Waals surface area (Å²) in [6.07, 6.45) is 3.23. The summed E-state index contributed by atoms with van der Waals surface area (Å²) in [6.45, 7) is 0.651. The van der Waals surface area contributed by atoms with Gasteiger partial charge in [-0.05, 0) is 36.2 Å². The fraction of sp³-hybridized carbons (Fsp3) is 0.273. The first-order valence-electron chi connectivity index (χ1n) is 9.91. The van der Waals surface area contributed by atoms with E-state index in [1.165, 1.54) is 10.9 Å². The number of aromatic nitrogens is 3. The summed E-state index contributed by atoms with van der Waals surface area (Å²) in [5.74, 6) is 0.434. The highest BCUT2D eigenvalue weighted by molar-refractivity contribution is 5.77. The number of hydrogen-bond donors (Lipinski definition) is 3. The first-order valence-corrected chi connectivity index (χ1v) is 9.91. The van der Waals surface area contributed by atoms with Crippen LogP contribution < -0.4 is 10.9 Å². The molecule has 0 saturated carbocycles. The Hall–Kier alpha value is -3.74. The Labute approximate surface area is 178 Å². The standard InChI is InChI=1S/C22H22N6O3/c1-27-9-8-17(10-20(27)29)26-21(30)16-6-7-19(24-12-16)28-22(31)18(13-25-28)15-4-2-14(11-23)3-5-15/h2-7,12-13,17,21,25-26,30H,8-10H2,1H3. The number of carbonyl (C=O) groups excluding carboxylic acids is 1. The van der Waals surface area contributed by atoms with Gasteiger partial charge in [-0.25, -0.2) is 9.67 Å². The van der Waals surface area contributed by atoms with Crippen molar-refractivity contribution in [3.05, 3.63) is 70.3 Å². The van der Waals surface area contributed by atoms with Crippen molar-refractivity contribution >= 4 is 5.91 Å². The summed E-state index contributed by atoms with van der Waals surface area (Å²) in [5, 5.41) is 25.3. The van der Waals surface area contributed by atoms with E-state index >= 15 is 0 Å². The van der Waals surface area contributed by atoms with E-state index < -0.39 is 6.23 Å². The highest BCUT2D eigenvalue weighted by Crippen LogP contribution is 2.18. The number of H-pyrrole nitrogens is 1. The molecule has 9 nitrogen and oxygen atoms in total. The molecule has 3 heterocycles. The molecule has 3 N–H and O–H groups in total. The molecule has 1 aliphatic rings. The zero-order valence-corrected chi connectivity index (χ0v) is 16.9. The van der Waals surface area contributed by atoms with Crippen LogP contribution in [-0.4, -0.2) is 50.3 Å². The number of piperidine rings is 1. The van der Waals surface area contributed by atoms with E-state index in [0.717, 1.165) is 6.42 Å². The minimum Gasteiger partial charge on any atom is -0.374 e. The largest absolute Gasteiger partial charge is 0.374 e. The van der Waals surface area contributed by atoms with E-state index in [1.54, 1.807) is 54.5 Å². The molecule has 1 fully saturated rings. The second-order valence-electron chi connectivity index (χ2n) is 7.54. The molecule has 4 rings (SSSR count). The highest BCUT2D eigenvalue weighted by atomic mass is 16.3. The van der Waals surface area contributed by atoms with Gasteiger partial charge in [-0.15, -0.1) is 0 Å². The molecule has 9 heteroatoms. The molecule has 3 aromatic rings. The van der Waals surface area contributed by atoms with Gasteiger partial charge in [0.05, 0.1) is 17.2 Å². The molecular weight excluding hydrogens is 396 g/mol. The van der Waals surface area contributed by atoms with E-state index in [2.05, 4.69) is 15.4 Å². The second-order valence-corrected chi connectivity index (χ2v) is 7.54. The number of nitrogens with zero attached hydrogens (tertiary/aromatic N) is 4. The van der Waals surface area contributed by atoms with Crippen molar-refractivity contribution in [2.75, 3.05) is 13.6 Å². The average Bonchev–Trinajstić information content (AvgIpc) is 3.17. The lowest BCUT2D eigenvalue weighted by molar-refractivity contribution is -0.132. The maximum atomic E-state index is 12.8. The van der Waals surface area contributed by atoms with Crippen LogP contribution in [0.5, 0.6) is 0 Å². The summed E-state index contributed by atoms with van der Waals surface area (Å²) in [4.78, 5) is 30.6. The lowest BCUT2D eigenvalue weighted by Gasteiger charge is -2.30. The third kappa shape index (κ3) is 4.26. The van der Waals surface area contributed by atoms with Gasteiger partial charge in [0.15, 0.2) is 5.82 Å². The molecule has 1 aliphatic heterocycles. The van der Waals surface area contributed by atoms with Gasteiger partial charge in [-0.3, -0.25) is 20.0 Å². The highest BCUT2D eigenvalue weighted by Gasteiger charge is 2.25. The Bertz CT molecular complexity index is 1170. The van der Waals surface area contributed by atoms with E-state index in [9.17, 15) is 14.7 Å². The van der Waals surface area contributed by atoms with Crippen molar-refractivity contribution < 1.29 is 9.90 Å². The molecule has 31 heavy (non-hydrogen) atoms. The summed E-state index contributed by atoms with van der Waals surface area (Å²) in [7, 11) is 1.77. The number of carbonyl (C=O) groups is 1. The number of aliphatic hydroxyl groups is 1. The van der Waals surface area contributed by atoms with Gasteiger partial charge in [0.25, 0.3) is 5.56 Å². The third-order valence-corrected chi connectivity index (χ3v) is 5.47. The Kier molecular flexibility index (Phi) is 5.66. The number of nitrogens with one attached hydrogen (secondary N) is 2. The second kappa shape index (κ2) is 8.55. The van der Waals surface area contributed by atoms with Crippen molar-refractivity contribution in [1.29, 1.82) is 5.26 Å². The van der Waals surface area contributed by atoms with Crippen molar-refractivity contribution in [3.8, 4) is 23.0 Å². The smallest absolute Gasteiger partial charge is 0.280 e. The van der Waals surface area contributed by atoms with Crippen molar-refractivity contribution in [1.82, 2.24) is 25.0 Å². The maximum absolute atomic E-state index is 12.8. The van der Waals surface area contributed by atoms with Gasteiger partial charge >= 0.3 is 0 Å². The molecule has 2 aromatic heterocycles. The zero-order chi connectivity index (χ0) is 22.0. The van der Waals surface area contributed by atoms with E-state index in [1.807, 2.05) is 6.07 Å². The first kappa shape index (κ1) is 20.5. The molecule has 1 amide bonds. The molecule has 0 bridgehead atoms. The number of hydrogen-bond acceptors (Lipinski definition) is 6. The molecule has 0 aliphatic carbocycles. The summed E-state index contributed by atoms with van der Waals surface area (Å²) in [6, 6.07) is 12.0. The Balaban J connectivity index is 1.48. The van der Waals surface area contributed by atoms with Gasteiger partial charge in [0.1, 0.15) is 6.23 Å². The number of amides is 1. The van der Waals surface area contributed by atoms with Gasteiger partial charge in [0, 0.05) is 44.0 Å². The zero-order valence-electron chi connectivity index (χ0n) is 16.9. The van der Waals surface area contributed by atoms with Crippen LogP contribution in [0.25, 0.3) is 16.9 Å². The number of aliphatic hydroxyl groups excluding tert-OH is 1. The SMILES string of the molecule is CN1CCC(NC(O)c2ccc(-n3[nH]cc(-c4ccc(C#N)cc4)c3=O)nc2)CC1=O. The maximum Gasteiger partial charge on any atom is 0.280 e. The Morgan fingerprint density at radius 2 is 2.03 bits per heavy atom. The van der Waals surface area contributed by atoms with Gasteiger partial charge in [0.2, 0.25) is 5.91 Å². The van der Waals surface area contributed by atoms with E-state index in [0.29, 0.717) is 41.0 Å². The minimum absolute atomic E-state index is 0.0496. The number of pyridine rings is 1. The number of nitriles is 1. The van der Waals surface area contributed by atoms with Gasteiger partial charge in [-0.2, -0.15) is 5.26 Å². The predicted octanol–water partition coefficient (Wildman–Crippen LogP) is 1.30. The molecule has 158 valence electrons. The Morgan fingerprint density at radius 1 is 1.26 bits per heavy atom. The van der Waals surface area contributed by atoms with Crippen LogP contribution in [0, 0.1) is 11.3 Å². The number of rotatable bonds is 5. The lowest BCUT2D eigenvalue weighted by atomic mass is 10.0. The van der Waals surface area contributed by atoms with Crippen LogP contribution in [-0.2, 0) is 4.79 Å². The van der Waals surface area contributed by atoms with Crippen molar-refractivity contribution in [2.45, 2.75) is 25.1 Å². The van der Waals surface area contributed by atoms with Crippen molar-refractivity contribution in [2.24, 2.45) is 0 Å². The van der Waals surface area contributed by atoms with E-state index in [-0.39, 0.29) is 17.5 Å². The Morgan fingerprint density at radius 3 is 2.68 bits per heavy atom. The van der Waals surface area contributed by atoms with Crippen LogP contribution in [0.3, 0.4) is 0 Å². The number of aromatic amines is 1. The summed E-state index contributed by atoms with van der Waals surface area (Å²) in [5.41, 5.74) is 1.95. The molecule has 1 saturated heterocycles. The van der Waals surface area contributed by atoms with Crippen molar-refractivity contribution in [3.63, 3.8) is 0 Å². The number of likely N-dealkylation sites (tertiary alicyclic amines) is 1. The molecule has 2 unspecified atom stereocenters. The van der Waals surface area contributed by atoms with Crippen LogP contribution in [0.2, 0.25) is 0 Å². The predicted molar refractivity (Wildman–Crippen MR) is 113 cm³/mol. The van der Waals surface area contributed by atoms with Crippen LogP contribution >= 0.6 is 0 Å². The lowest BCUT2D eigenvalue weighted by Crippen LogP contribution is -2.45. The third-order valence-electron chi connectivity index (χ3n) is 5.47. The fourth-order valence-corrected chi connectivity index (χ4v) is 3.57. The molecule has 1 aromatic carbocycles. The summed E-state index contributed by atoms with van der Waals surface area (Å²) >= 11 is 0. The normalized spacial score (nSPS) is 17.4. The summed E-state index contributed by atoms with van der Waals surface area (Å²) < 4.78 is 1.31. The quantitative estimate of drug-likeness (QED) is 0.536. The fourth-order valence-electron chi connectivity index (χ4n) is 3.57. The van der Waals surface area contributed by atoms with Crippen LogP contribution in [0.4, 0.5) is 0 Å². The first-order chi connectivity index (χ1) is 15.0. The van der Waals surface area contributed by atoms with E-state index in [4.69, 9.17) is 5.26 Å². The molecule has 0 spiro atoms. The van der Waals surface area contributed by atoms with Gasteiger partial charge < -0.3 is 10.0 Å². The minimum atomic E-state index is -0.961. The van der Waals surface area contributed by atoms with Crippen LogP contribution in [0.15, 0.2) is 53.6 Å². The molecule has 2 atom stereocenters. The van der Waals surface area contributed by atoms with Gasteiger partial charge in [-0.1, -0.05) is 12.1 Å². The average molecular weight is 418 g/mol. The van der Waals surface area contributed by atoms with Crippen LogP contribution in [0.1, 0.15) is 30.2 Å². The molecule has 0 radical (unpaired) electrons.